The van der Waals surface area contributed by atoms with Gasteiger partial charge in [0.2, 0.25) is 0 Å². The lowest BCUT2D eigenvalue weighted by molar-refractivity contribution is -0.140. The summed E-state index contributed by atoms with van der Waals surface area (Å²) in [5.74, 6) is 1.69. The Bertz CT molecular complexity index is 381. The number of amides is 2. The fourth-order valence-corrected chi connectivity index (χ4v) is 2.78. The maximum absolute atomic E-state index is 11.8. The molecule has 1 aliphatic carbocycles. The quantitative estimate of drug-likeness (QED) is 0.652. The average molecular weight is 280 g/mol. The molecule has 1 unspecified atom stereocenters. The first-order valence-electron chi connectivity index (χ1n) is 7.23. The molecular weight excluding hydrogens is 256 g/mol. The van der Waals surface area contributed by atoms with Gasteiger partial charge in [0.15, 0.2) is 0 Å². The van der Waals surface area contributed by atoms with Crippen molar-refractivity contribution in [1.29, 1.82) is 0 Å². The van der Waals surface area contributed by atoms with Crippen LogP contribution in [0.1, 0.15) is 51.9 Å². The molecule has 5 heteroatoms. The largest absolute Gasteiger partial charge is 0.481 e. The van der Waals surface area contributed by atoms with E-state index in [1.807, 2.05) is 6.92 Å². The number of aliphatic carboxylic acids is 1. The van der Waals surface area contributed by atoms with Crippen molar-refractivity contribution in [3.05, 3.63) is 0 Å². The Labute approximate surface area is 120 Å². The third-order valence-electron chi connectivity index (χ3n) is 3.98. The van der Waals surface area contributed by atoms with Crippen LogP contribution in [0.3, 0.4) is 0 Å². The second-order valence-electron chi connectivity index (χ2n) is 5.59. The Balaban J connectivity index is 2.52. The molecule has 3 N–H and O–H groups in total. The number of urea groups is 1. The van der Waals surface area contributed by atoms with Gasteiger partial charge in [0, 0.05) is 6.54 Å². The first kappa shape index (κ1) is 16.4. The molecule has 0 saturated heterocycles. The van der Waals surface area contributed by atoms with Gasteiger partial charge >= 0.3 is 12.0 Å². The summed E-state index contributed by atoms with van der Waals surface area (Å²) >= 11 is 0. The molecule has 0 aromatic rings. The van der Waals surface area contributed by atoms with Crippen LogP contribution in [0.2, 0.25) is 0 Å². The lowest BCUT2D eigenvalue weighted by Crippen LogP contribution is -2.46. The summed E-state index contributed by atoms with van der Waals surface area (Å²) in [5.41, 5.74) is -0.306. The maximum Gasteiger partial charge on any atom is 0.315 e. The number of terminal acetylenes is 1. The lowest BCUT2D eigenvalue weighted by atomic mass is 9.72. The molecule has 0 aromatic carbocycles. The minimum atomic E-state index is -0.802. The molecule has 0 aliphatic heterocycles. The number of carboxylic acids is 1. The number of nitrogens with one attached hydrogen (secondary N) is 2. The van der Waals surface area contributed by atoms with Gasteiger partial charge in [0.25, 0.3) is 0 Å². The molecule has 1 atom stereocenters. The van der Waals surface area contributed by atoms with E-state index in [-0.39, 0.29) is 23.9 Å². The van der Waals surface area contributed by atoms with E-state index in [4.69, 9.17) is 11.5 Å². The Morgan fingerprint density at radius 2 is 2.00 bits per heavy atom. The van der Waals surface area contributed by atoms with Gasteiger partial charge in [-0.1, -0.05) is 32.1 Å². The SMILES string of the molecule is C#CC(CC)NC(=O)NCC1(CC(=O)O)CCCCC1. The molecule has 1 saturated carbocycles. The molecule has 0 aromatic heterocycles. The lowest BCUT2D eigenvalue weighted by Gasteiger charge is -2.36. The fourth-order valence-electron chi connectivity index (χ4n) is 2.78. The van der Waals surface area contributed by atoms with Crippen LogP contribution in [0, 0.1) is 17.8 Å². The summed E-state index contributed by atoms with van der Waals surface area (Å²) in [7, 11) is 0. The van der Waals surface area contributed by atoms with Crippen LogP contribution in [-0.4, -0.2) is 29.7 Å². The Hall–Kier alpha value is -1.70. The molecule has 1 aliphatic rings. The van der Waals surface area contributed by atoms with Crippen molar-refractivity contribution in [1.82, 2.24) is 10.6 Å². The second-order valence-corrected chi connectivity index (χ2v) is 5.59. The van der Waals surface area contributed by atoms with E-state index in [1.165, 1.54) is 0 Å². The summed E-state index contributed by atoms with van der Waals surface area (Å²) < 4.78 is 0. The van der Waals surface area contributed by atoms with Crippen LogP contribution >= 0.6 is 0 Å². The van der Waals surface area contributed by atoms with E-state index in [1.54, 1.807) is 0 Å². The molecule has 5 nitrogen and oxygen atoms in total. The third kappa shape index (κ3) is 5.12. The Morgan fingerprint density at radius 1 is 1.35 bits per heavy atom. The van der Waals surface area contributed by atoms with Crippen molar-refractivity contribution in [2.75, 3.05) is 6.54 Å². The highest BCUT2D eigenvalue weighted by molar-refractivity contribution is 5.75. The fraction of sp³-hybridized carbons (Fsp3) is 0.733. The highest BCUT2D eigenvalue weighted by Crippen LogP contribution is 2.38. The van der Waals surface area contributed by atoms with Gasteiger partial charge < -0.3 is 15.7 Å². The van der Waals surface area contributed by atoms with Gasteiger partial charge in [-0.2, -0.15) is 0 Å². The van der Waals surface area contributed by atoms with Gasteiger partial charge in [0.1, 0.15) is 0 Å². The van der Waals surface area contributed by atoms with Crippen LogP contribution in [-0.2, 0) is 4.79 Å². The average Bonchev–Trinajstić information content (AvgIpc) is 2.43. The molecule has 20 heavy (non-hydrogen) atoms. The highest BCUT2D eigenvalue weighted by atomic mass is 16.4. The van der Waals surface area contributed by atoms with Crippen molar-refractivity contribution in [3.63, 3.8) is 0 Å². The summed E-state index contributed by atoms with van der Waals surface area (Å²) in [4.78, 5) is 22.8. The van der Waals surface area contributed by atoms with Crippen molar-refractivity contribution < 1.29 is 14.7 Å². The van der Waals surface area contributed by atoms with E-state index >= 15 is 0 Å². The topological polar surface area (TPSA) is 78.4 Å². The van der Waals surface area contributed by atoms with Gasteiger partial charge in [-0.05, 0) is 24.7 Å². The third-order valence-corrected chi connectivity index (χ3v) is 3.98. The molecule has 0 spiro atoms. The van der Waals surface area contributed by atoms with Crippen LogP contribution in [0.15, 0.2) is 0 Å². The van der Waals surface area contributed by atoms with Gasteiger partial charge in [-0.15, -0.1) is 6.42 Å². The van der Waals surface area contributed by atoms with E-state index in [0.717, 1.165) is 32.1 Å². The normalized spacial score (nSPS) is 18.6. The molecule has 1 fully saturated rings. The van der Waals surface area contributed by atoms with E-state index in [9.17, 15) is 9.59 Å². The van der Waals surface area contributed by atoms with Gasteiger partial charge in [0.05, 0.1) is 12.5 Å². The molecule has 1 rings (SSSR count). The predicted molar refractivity (Wildman–Crippen MR) is 77.2 cm³/mol. The highest BCUT2D eigenvalue weighted by Gasteiger charge is 2.34. The summed E-state index contributed by atoms with van der Waals surface area (Å²) in [5, 5.41) is 14.5. The standard InChI is InChI=1S/C15H24N2O3/c1-3-12(4-2)17-14(20)16-11-15(10-13(18)19)8-6-5-7-9-15/h1,12H,4-11H2,2H3,(H,18,19)(H2,16,17,20). The predicted octanol–water partition coefficient (Wildman–Crippen LogP) is 2.12. The number of carbonyl (C=O) groups excluding carboxylic acids is 1. The number of carboxylic acid groups (broad SMARTS) is 1. The molecule has 2 amide bonds. The minimum absolute atomic E-state index is 0.111. The van der Waals surface area contributed by atoms with Crippen LogP contribution in [0.25, 0.3) is 0 Å². The van der Waals surface area contributed by atoms with Crippen LogP contribution < -0.4 is 10.6 Å². The number of carbonyl (C=O) groups is 2. The number of hydrogen-bond donors (Lipinski definition) is 3. The number of rotatable bonds is 6. The Kier molecular flexibility index (Phi) is 6.37. The van der Waals surface area contributed by atoms with Gasteiger partial charge in [-0.3, -0.25) is 4.79 Å². The zero-order chi connectivity index (χ0) is 15.0. The van der Waals surface area contributed by atoms with Crippen molar-refractivity contribution in [3.8, 4) is 12.3 Å². The van der Waals surface area contributed by atoms with Crippen LogP contribution in [0.4, 0.5) is 4.79 Å². The monoisotopic (exact) mass is 280 g/mol. The molecule has 0 bridgehead atoms. The minimum Gasteiger partial charge on any atom is -0.481 e. The zero-order valence-corrected chi connectivity index (χ0v) is 12.1. The smallest absolute Gasteiger partial charge is 0.315 e. The molecule has 112 valence electrons. The molecular formula is C15H24N2O3. The molecule has 0 heterocycles. The van der Waals surface area contributed by atoms with E-state index in [0.29, 0.717) is 13.0 Å². The van der Waals surface area contributed by atoms with Crippen molar-refractivity contribution in [2.24, 2.45) is 5.41 Å². The van der Waals surface area contributed by atoms with Crippen molar-refractivity contribution in [2.45, 2.75) is 57.9 Å². The van der Waals surface area contributed by atoms with Gasteiger partial charge in [-0.25, -0.2) is 4.79 Å². The summed E-state index contributed by atoms with van der Waals surface area (Å²) in [6.07, 6.45) is 11.0. The first-order chi connectivity index (χ1) is 9.51. The Morgan fingerprint density at radius 3 is 2.50 bits per heavy atom. The maximum atomic E-state index is 11.8. The number of hydrogen-bond acceptors (Lipinski definition) is 2. The summed E-state index contributed by atoms with van der Waals surface area (Å²) in [6.45, 7) is 2.30. The summed E-state index contributed by atoms with van der Waals surface area (Å²) in [6, 6.07) is -0.595. The zero-order valence-electron chi connectivity index (χ0n) is 12.1. The second kappa shape index (κ2) is 7.78. The first-order valence-corrected chi connectivity index (χ1v) is 7.23. The van der Waals surface area contributed by atoms with E-state index in [2.05, 4.69) is 16.6 Å². The van der Waals surface area contributed by atoms with Crippen LogP contribution in [0.5, 0.6) is 0 Å². The van der Waals surface area contributed by atoms with E-state index < -0.39 is 5.97 Å². The molecule has 0 radical (unpaired) electrons. The van der Waals surface area contributed by atoms with Crippen molar-refractivity contribution >= 4 is 12.0 Å².